The van der Waals surface area contributed by atoms with Crippen molar-refractivity contribution in [3.05, 3.63) is 65.5 Å². The van der Waals surface area contributed by atoms with Crippen LogP contribution < -0.4 is 5.48 Å². The topological polar surface area (TPSA) is 96.3 Å². The van der Waals surface area contributed by atoms with Crippen molar-refractivity contribution in [2.75, 3.05) is 5.75 Å². The molecular weight excluding hydrogens is 403 g/mol. The fraction of sp³-hybridized carbons (Fsp3) is 0.158. The number of Topliss-reactive ketones (excluding diaryl/α,β-unsaturated/α-hetero) is 1. The molecule has 4 rings (SSSR count). The van der Waals surface area contributed by atoms with Crippen molar-refractivity contribution in [1.29, 1.82) is 5.26 Å². The summed E-state index contributed by atoms with van der Waals surface area (Å²) in [6.07, 6.45) is -1.23. The SMILES string of the molecule is N#CC(C(=O)C1ONC2=C1CSc1ccc(F)cc12)S(=O)(=O)c1ccccc1. The minimum atomic E-state index is -4.20. The lowest BCUT2D eigenvalue weighted by Crippen LogP contribution is -2.39. The number of hydrogen-bond donors (Lipinski definition) is 1. The lowest BCUT2D eigenvalue weighted by molar-refractivity contribution is -0.128. The molecule has 0 radical (unpaired) electrons. The molecule has 0 spiro atoms. The molecular formula is C19H13FN2O4S2. The van der Waals surface area contributed by atoms with Gasteiger partial charge in [0.1, 0.15) is 5.82 Å². The summed E-state index contributed by atoms with van der Waals surface area (Å²) in [6, 6.07) is 13.2. The first-order valence-electron chi connectivity index (χ1n) is 8.23. The molecule has 2 unspecified atom stereocenters. The van der Waals surface area contributed by atoms with Gasteiger partial charge in [-0.05, 0) is 30.3 Å². The van der Waals surface area contributed by atoms with Gasteiger partial charge >= 0.3 is 0 Å². The second-order valence-corrected chi connectivity index (χ2v) is 9.25. The molecule has 0 saturated heterocycles. The second kappa shape index (κ2) is 7.05. The zero-order valence-corrected chi connectivity index (χ0v) is 15.9. The zero-order chi connectivity index (χ0) is 19.9. The fourth-order valence-electron chi connectivity index (χ4n) is 3.14. The first-order valence-corrected chi connectivity index (χ1v) is 10.8. The highest BCUT2D eigenvalue weighted by Crippen LogP contribution is 2.41. The summed E-state index contributed by atoms with van der Waals surface area (Å²) in [5, 5.41) is 7.54. The molecule has 0 aliphatic carbocycles. The molecule has 0 fully saturated rings. The maximum Gasteiger partial charge on any atom is 0.213 e. The molecule has 2 heterocycles. The van der Waals surface area contributed by atoms with Gasteiger partial charge in [-0.15, -0.1) is 11.8 Å². The minimum Gasteiger partial charge on any atom is -0.294 e. The molecule has 2 aliphatic rings. The van der Waals surface area contributed by atoms with Crippen molar-refractivity contribution in [3.8, 4) is 6.07 Å². The molecule has 9 heteroatoms. The predicted molar refractivity (Wildman–Crippen MR) is 100 cm³/mol. The minimum absolute atomic E-state index is 0.111. The van der Waals surface area contributed by atoms with Crippen LogP contribution in [0, 0.1) is 17.1 Å². The van der Waals surface area contributed by atoms with Gasteiger partial charge in [0.15, 0.2) is 6.10 Å². The van der Waals surface area contributed by atoms with Crippen molar-refractivity contribution in [2.45, 2.75) is 21.1 Å². The largest absolute Gasteiger partial charge is 0.294 e. The fourth-order valence-corrected chi connectivity index (χ4v) is 5.60. The number of rotatable bonds is 4. The molecule has 28 heavy (non-hydrogen) atoms. The third-order valence-corrected chi connectivity index (χ3v) is 7.54. The number of benzene rings is 2. The summed E-state index contributed by atoms with van der Waals surface area (Å²) in [4.78, 5) is 19.0. The molecule has 2 atom stereocenters. The van der Waals surface area contributed by atoms with Gasteiger partial charge in [0.2, 0.25) is 20.9 Å². The summed E-state index contributed by atoms with van der Waals surface area (Å²) in [5.74, 6) is -0.948. The Balaban J connectivity index is 1.70. The number of hydroxylamine groups is 1. The van der Waals surface area contributed by atoms with Gasteiger partial charge < -0.3 is 0 Å². The molecule has 0 amide bonds. The van der Waals surface area contributed by atoms with Crippen LogP contribution in [-0.2, 0) is 19.5 Å². The Morgan fingerprint density at radius 3 is 2.75 bits per heavy atom. The number of nitrogens with one attached hydrogen (secondary N) is 1. The molecule has 2 aromatic rings. The number of hydrogen-bond acceptors (Lipinski definition) is 7. The first-order chi connectivity index (χ1) is 13.4. The number of ketones is 1. The van der Waals surface area contributed by atoms with Crippen LogP contribution in [0.5, 0.6) is 0 Å². The average Bonchev–Trinajstić information content (AvgIpc) is 3.13. The third kappa shape index (κ3) is 2.99. The van der Waals surface area contributed by atoms with E-state index in [1.165, 1.54) is 48.2 Å². The molecule has 2 aliphatic heterocycles. The standard InChI is InChI=1S/C19H13FN2O4S2/c20-11-6-7-15-13(8-11)17-14(10-27-15)19(26-22-17)18(23)16(9-21)28(24,25)12-4-2-1-3-5-12/h1-8,16,19,22H,10H2. The maximum atomic E-state index is 13.6. The second-order valence-electron chi connectivity index (χ2n) is 6.20. The van der Waals surface area contributed by atoms with E-state index in [9.17, 15) is 22.9 Å². The number of sulfone groups is 1. The highest BCUT2D eigenvalue weighted by atomic mass is 32.2. The van der Waals surface area contributed by atoms with E-state index in [4.69, 9.17) is 4.84 Å². The smallest absolute Gasteiger partial charge is 0.213 e. The summed E-state index contributed by atoms with van der Waals surface area (Å²) in [6.45, 7) is 0. The van der Waals surface area contributed by atoms with Crippen molar-refractivity contribution < 1.29 is 22.4 Å². The number of carbonyl (C=O) groups is 1. The highest BCUT2D eigenvalue weighted by molar-refractivity contribution is 7.99. The van der Waals surface area contributed by atoms with E-state index < -0.39 is 32.8 Å². The number of nitriles is 1. The maximum absolute atomic E-state index is 13.6. The lowest BCUT2D eigenvalue weighted by atomic mass is 10.00. The van der Waals surface area contributed by atoms with Crippen LogP contribution in [0.4, 0.5) is 4.39 Å². The van der Waals surface area contributed by atoms with E-state index in [1.54, 1.807) is 18.2 Å². The van der Waals surface area contributed by atoms with Crippen molar-refractivity contribution >= 4 is 33.1 Å². The normalized spacial score (nSPS) is 19.2. The van der Waals surface area contributed by atoms with E-state index in [0.29, 0.717) is 22.6 Å². The number of thioether (sulfide) groups is 1. The summed E-state index contributed by atoms with van der Waals surface area (Å²) in [5.41, 5.74) is 4.10. The van der Waals surface area contributed by atoms with Crippen LogP contribution in [-0.4, -0.2) is 31.3 Å². The van der Waals surface area contributed by atoms with E-state index in [1.807, 2.05) is 0 Å². The van der Waals surface area contributed by atoms with Gasteiger partial charge in [-0.2, -0.15) is 5.26 Å². The Kier molecular flexibility index (Phi) is 4.71. The van der Waals surface area contributed by atoms with Crippen LogP contribution in [0.2, 0.25) is 0 Å². The van der Waals surface area contributed by atoms with Gasteiger partial charge in [-0.3, -0.25) is 15.1 Å². The van der Waals surface area contributed by atoms with Gasteiger partial charge in [0, 0.05) is 21.8 Å². The number of nitrogens with zero attached hydrogens (tertiary/aromatic N) is 1. The quantitative estimate of drug-likeness (QED) is 0.818. The molecule has 6 nitrogen and oxygen atoms in total. The van der Waals surface area contributed by atoms with Gasteiger partial charge in [-0.1, -0.05) is 18.2 Å². The first kappa shape index (κ1) is 18.7. The Morgan fingerprint density at radius 1 is 1.29 bits per heavy atom. The molecule has 142 valence electrons. The highest BCUT2D eigenvalue weighted by Gasteiger charge is 2.44. The average molecular weight is 416 g/mol. The van der Waals surface area contributed by atoms with Crippen LogP contribution in [0.3, 0.4) is 0 Å². The van der Waals surface area contributed by atoms with E-state index in [2.05, 4.69) is 5.48 Å². The third-order valence-electron chi connectivity index (χ3n) is 4.53. The lowest BCUT2D eigenvalue weighted by Gasteiger charge is -2.19. The van der Waals surface area contributed by atoms with Crippen LogP contribution in [0.25, 0.3) is 5.70 Å². The summed E-state index contributed by atoms with van der Waals surface area (Å²) >= 11 is 1.39. The number of fused-ring (bicyclic) bond motifs is 2. The molecule has 0 saturated carbocycles. The summed E-state index contributed by atoms with van der Waals surface area (Å²) in [7, 11) is -4.20. The Bertz CT molecular complexity index is 1140. The Hall–Kier alpha value is -2.67. The molecule has 2 aromatic carbocycles. The van der Waals surface area contributed by atoms with Crippen molar-refractivity contribution in [1.82, 2.24) is 5.48 Å². The summed E-state index contributed by atoms with van der Waals surface area (Å²) < 4.78 is 39.2. The molecule has 0 aromatic heterocycles. The number of halogens is 1. The predicted octanol–water partition coefficient (Wildman–Crippen LogP) is 2.48. The monoisotopic (exact) mass is 416 g/mol. The van der Waals surface area contributed by atoms with E-state index in [0.717, 1.165) is 4.90 Å². The van der Waals surface area contributed by atoms with Gasteiger partial charge in [0.05, 0.1) is 16.7 Å². The van der Waals surface area contributed by atoms with Gasteiger partial charge in [0.25, 0.3) is 0 Å². The van der Waals surface area contributed by atoms with E-state index >= 15 is 0 Å². The van der Waals surface area contributed by atoms with Crippen molar-refractivity contribution in [3.63, 3.8) is 0 Å². The van der Waals surface area contributed by atoms with Crippen molar-refractivity contribution in [2.24, 2.45) is 0 Å². The molecule has 0 bridgehead atoms. The molecule has 1 N–H and O–H groups in total. The van der Waals surface area contributed by atoms with Crippen LogP contribution >= 0.6 is 11.8 Å². The van der Waals surface area contributed by atoms with Crippen LogP contribution in [0.15, 0.2) is 63.9 Å². The van der Waals surface area contributed by atoms with Crippen LogP contribution in [0.1, 0.15) is 5.56 Å². The number of carbonyl (C=O) groups excluding carboxylic acids is 1. The zero-order valence-electron chi connectivity index (χ0n) is 14.3. The Morgan fingerprint density at radius 2 is 2.04 bits per heavy atom. The van der Waals surface area contributed by atoms with Gasteiger partial charge in [-0.25, -0.2) is 12.8 Å². The Labute approximate surface area is 164 Å². The van der Waals surface area contributed by atoms with E-state index in [-0.39, 0.29) is 4.90 Å².